The lowest BCUT2D eigenvalue weighted by atomic mass is 10.1. The smallest absolute Gasteiger partial charge is 0.264 e. The predicted molar refractivity (Wildman–Crippen MR) is 94.8 cm³/mol. The van der Waals surface area contributed by atoms with Crippen molar-refractivity contribution in [3.63, 3.8) is 0 Å². The number of hydrogen-bond acceptors (Lipinski definition) is 4. The minimum absolute atomic E-state index is 0.173. The van der Waals surface area contributed by atoms with Gasteiger partial charge in [-0.25, -0.2) is 4.99 Å². The molecule has 4 nitrogen and oxygen atoms in total. The van der Waals surface area contributed by atoms with Crippen LogP contribution >= 0.6 is 11.8 Å². The molecule has 2 aromatic rings. The molecule has 0 unspecified atom stereocenters. The zero-order chi connectivity index (χ0) is 16.4. The maximum absolute atomic E-state index is 12.1. The van der Waals surface area contributed by atoms with E-state index in [4.69, 9.17) is 0 Å². The number of benzene rings is 2. The van der Waals surface area contributed by atoms with Gasteiger partial charge in [0.15, 0.2) is 5.17 Å². The van der Waals surface area contributed by atoms with Crippen molar-refractivity contribution in [1.29, 1.82) is 0 Å². The molecule has 1 amide bonds. The van der Waals surface area contributed by atoms with Gasteiger partial charge >= 0.3 is 0 Å². The molecule has 1 heterocycles. The van der Waals surface area contributed by atoms with Gasteiger partial charge in [0.25, 0.3) is 5.91 Å². The number of aryl methyl sites for hydroxylation is 2. The first-order valence-electron chi connectivity index (χ1n) is 7.18. The summed E-state index contributed by atoms with van der Waals surface area (Å²) in [5, 5.41) is 12.9. The standard InChI is InChI=1S/C18H16N2O2S/c1-11-5-3-6-12(2)16(11)19-18-20-17(22)15(23-18)10-13-7-4-8-14(21)9-13/h3-10,21H,1-2H3,(H,19,20,22)/b15-10+. The van der Waals surface area contributed by atoms with Crippen LogP contribution in [0.5, 0.6) is 5.75 Å². The van der Waals surface area contributed by atoms with Gasteiger partial charge in [-0.2, -0.15) is 0 Å². The molecule has 0 atom stereocenters. The van der Waals surface area contributed by atoms with E-state index in [1.165, 1.54) is 11.8 Å². The molecule has 0 aromatic heterocycles. The molecule has 0 radical (unpaired) electrons. The Labute approximate surface area is 139 Å². The number of para-hydroxylation sites is 1. The van der Waals surface area contributed by atoms with Gasteiger partial charge in [0.2, 0.25) is 0 Å². The summed E-state index contributed by atoms with van der Waals surface area (Å²) >= 11 is 1.30. The van der Waals surface area contributed by atoms with Gasteiger partial charge < -0.3 is 10.4 Å². The number of amides is 1. The third kappa shape index (κ3) is 3.46. The Morgan fingerprint density at radius 1 is 1.13 bits per heavy atom. The number of phenols is 1. The highest BCUT2D eigenvalue weighted by atomic mass is 32.2. The number of carbonyl (C=O) groups is 1. The number of aromatic hydroxyl groups is 1. The van der Waals surface area contributed by atoms with Crippen molar-refractivity contribution in [2.75, 3.05) is 0 Å². The average molecular weight is 324 g/mol. The van der Waals surface area contributed by atoms with E-state index in [1.54, 1.807) is 24.3 Å². The Morgan fingerprint density at radius 2 is 1.83 bits per heavy atom. The van der Waals surface area contributed by atoms with E-state index in [1.807, 2.05) is 38.1 Å². The van der Waals surface area contributed by atoms with Crippen LogP contribution in [0.4, 0.5) is 5.69 Å². The van der Waals surface area contributed by atoms with Gasteiger partial charge in [-0.1, -0.05) is 30.3 Å². The zero-order valence-electron chi connectivity index (χ0n) is 12.8. The number of rotatable bonds is 2. The highest BCUT2D eigenvalue weighted by molar-refractivity contribution is 8.18. The van der Waals surface area contributed by atoms with Crippen LogP contribution in [0.2, 0.25) is 0 Å². The molecule has 5 heteroatoms. The minimum atomic E-state index is -0.177. The second kappa shape index (κ2) is 6.30. The van der Waals surface area contributed by atoms with E-state index >= 15 is 0 Å². The zero-order valence-corrected chi connectivity index (χ0v) is 13.6. The summed E-state index contributed by atoms with van der Waals surface area (Å²) in [5.74, 6) is -0.00416. The summed E-state index contributed by atoms with van der Waals surface area (Å²) in [6, 6.07) is 12.8. The molecule has 2 N–H and O–H groups in total. The van der Waals surface area contributed by atoms with E-state index < -0.39 is 0 Å². The van der Waals surface area contributed by atoms with Crippen molar-refractivity contribution in [2.45, 2.75) is 13.8 Å². The van der Waals surface area contributed by atoms with E-state index in [0.717, 1.165) is 22.4 Å². The van der Waals surface area contributed by atoms with Gasteiger partial charge in [-0.15, -0.1) is 0 Å². The van der Waals surface area contributed by atoms with Crippen molar-refractivity contribution >= 4 is 34.6 Å². The maximum Gasteiger partial charge on any atom is 0.264 e. The Bertz CT molecular complexity index is 820. The summed E-state index contributed by atoms with van der Waals surface area (Å²) in [6.07, 6.45) is 1.74. The first-order chi connectivity index (χ1) is 11.0. The summed E-state index contributed by atoms with van der Waals surface area (Å²) in [6.45, 7) is 3.99. The number of amidine groups is 1. The van der Waals surface area contributed by atoms with Crippen LogP contribution in [0.3, 0.4) is 0 Å². The lowest BCUT2D eigenvalue weighted by Crippen LogP contribution is -2.19. The topological polar surface area (TPSA) is 61.7 Å². The van der Waals surface area contributed by atoms with Crippen molar-refractivity contribution in [3.8, 4) is 5.75 Å². The quantitative estimate of drug-likeness (QED) is 0.824. The number of carbonyl (C=O) groups excluding carboxylic acids is 1. The molecule has 0 saturated carbocycles. The van der Waals surface area contributed by atoms with Gasteiger partial charge in [0.1, 0.15) is 5.75 Å². The van der Waals surface area contributed by atoms with Crippen LogP contribution in [0.25, 0.3) is 6.08 Å². The lowest BCUT2D eigenvalue weighted by molar-refractivity contribution is -0.115. The number of nitrogens with zero attached hydrogens (tertiary/aromatic N) is 1. The SMILES string of the molecule is Cc1cccc(C)c1N=C1NC(=O)/C(=C\c2cccc(O)c2)S1. The monoisotopic (exact) mass is 324 g/mol. The molecule has 116 valence electrons. The first-order valence-corrected chi connectivity index (χ1v) is 7.99. The van der Waals surface area contributed by atoms with Crippen molar-refractivity contribution in [3.05, 3.63) is 64.1 Å². The number of thioether (sulfide) groups is 1. The molecule has 1 aliphatic rings. The molecule has 23 heavy (non-hydrogen) atoms. The molecule has 1 aliphatic heterocycles. The summed E-state index contributed by atoms with van der Waals surface area (Å²) in [4.78, 5) is 17.2. The number of phenolic OH excluding ortho intramolecular Hbond substituents is 1. The molecule has 1 fully saturated rings. The summed E-state index contributed by atoms with van der Waals surface area (Å²) in [5.41, 5.74) is 3.79. The fourth-order valence-electron chi connectivity index (χ4n) is 2.33. The van der Waals surface area contributed by atoms with Crippen molar-refractivity contribution in [1.82, 2.24) is 5.32 Å². The first kappa shape index (κ1) is 15.4. The van der Waals surface area contributed by atoms with Crippen LogP contribution in [0, 0.1) is 13.8 Å². The molecular weight excluding hydrogens is 308 g/mol. The third-order valence-corrected chi connectivity index (χ3v) is 4.38. The lowest BCUT2D eigenvalue weighted by Gasteiger charge is -2.04. The van der Waals surface area contributed by atoms with Crippen LogP contribution in [0.1, 0.15) is 16.7 Å². The Kier molecular flexibility index (Phi) is 4.21. The number of hydrogen-bond donors (Lipinski definition) is 2. The summed E-state index contributed by atoms with van der Waals surface area (Å²) in [7, 11) is 0. The molecule has 2 aromatic carbocycles. The van der Waals surface area contributed by atoms with Crippen LogP contribution in [-0.2, 0) is 4.79 Å². The van der Waals surface area contributed by atoms with Crippen molar-refractivity contribution in [2.24, 2.45) is 4.99 Å². The van der Waals surface area contributed by atoms with Gasteiger partial charge in [-0.3, -0.25) is 4.79 Å². The molecule has 3 rings (SSSR count). The molecule has 0 bridgehead atoms. The van der Waals surface area contributed by atoms with Crippen molar-refractivity contribution < 1.29 is 9.90 Å². The Morgan fingerprint density at radius 3 is 2.52 bits per heavy atom. The van der Waals surface area contributed by atoms with Gasteiger partial charge in [-0.05, 0) is 60.5 Å². The summed E-state index contributed by atoms with van der Waals surface area (Å²) < 4.78 is 0. The van der Waals surface area contributed by atoms with Crippen LogP contribution in [0.15, 0.2) is 52.4 Å². The fraction of sp³-hybridized carbons (Fsp3) is 0.111. The second-order valence-corrected chi connectivity index (χ2v) is 6.35. The van der Waals surface area contributed by atoms with Crippen LogP contribution in [-0.4, -0.2) is 16.2 Å². The van der Waals surface area contributed by atoms with Gasteiger partial charge in [0.05, 0.1) is 10.6 Å². The highest BCUT2D eigenvalue weighted by Gasteiger charge is 2.24. The predicted octanol–water partition coefficient (Wildman–Crippen LogP) is 3.90. The Balaban J connectivity index is 1.89. The average Bonchev–Trinajstić information content (AvgIpc) is 2.83. The third-order valence-electron chi connectivity index (χ3n) is 3.47. The van der Waals surface area contributed by atoms with Crippen LogP contribution < -0.4 is 5.32 Å². The Hall–Kier alpha value is -2.53. The second-order valence-electron chi connectivity index (χ2n) is 5.32. The van der Waals surface area contributed by atoms with E-state index in [9.17, 15) is 9.90 Å². The molecule has 0 spiro atoms. The van der Waals surface area contributed by atoms with E-state index in [0.29, 0.717) is 10.1 Å². The number of nitrogens with one attached hydrogen (secondary N) is 1. The molecular formula is C18H16N2O2S. The van der Waals surface area contributed by atoms with E-state index in [-0.39, 0.29) is 11.7 Å². The fourth-order valence-corrected chi connectivity index (χ4v) is 3.16. The normalized spacial score (nSPS) is 17.7. The largest absolute Gasteiger partial charge is 0.508 e. The molecule has 1 saturated heterocycles. The van der Waals surface area contributed by atoms with E-state index in [2.05, 4.69) is 10.3 Å². The number of aliphatic imine (C=N–C) groups is 1. The molecule has 0 aliphatic carbocycles. The minimum Gasteiger partial charge on any atom is -0.508 e. The van der Waals surface area contributed by atoms with Gasteiger partial charge in [0, 0.05) is 0 Å². The highest BCUT2D eigenvalue weighted by Crippen LogP contribution is 2.30. The maximum atomic E-state index is 12.1.